The van der Waals surface area contributed by atoms with Crippen molar-refractivity contribution in [3.05, 3.63) is 34.0 Å². The summed E-state index contributed by atoms with van der Waals surface area (Å²) in [4.78, 5) is 3.62. The average Bonchev–Trinajstić information content (AvgIpc) is 2.67. The highest BCUT2D eigenvalue weighted by Crippen LogP contribution is 2.26. The van der Waals surface area contributed by atoms with Gasteiger partial charge < -0.3 is 5.73 Å². The highest BCUT2D eigenvalue weighted by atomic mass is 79.9. The lowest BCUT2D eigenvalue weighted by Crippen LogP contribution is -2.13. The zero-order chi connectivity index (χ0) is 13.3. The molecule has 2 rings (SSSR count). The van der Waals surface area contributed by atoms with Gasteiger partial charge in [-0.25, -0.2) is 17.8 Å². The molecule has 0 unspecified atom stereocenters. The molecule has 0 saturated heterocycles. The van der Waals surface area contributed by atoms with E-state index in [9.17, 15) is 12.8 Å². The molecule has 0 radical (unpaired) electrons. The van der Waals surface area contributed by atoms with Crippen LogP contribution in [0.15, 0.2) is 33.1 Å². The van der Waals surface area contributed by atoms with Crippen molar-refractivity contribution in [1.82, 2.24) is 4.98 Å². The molecule has 0 aliphatic rings. The first kappa shape index (κ1) is 13.2. The van der Waals surface area contributed by atoms with E-state index in [4.69, 9.17) is 5.73 Å². The Morgan fingerprint density at radius 2 is 2.17 bits per heavy atom. The van der Waals surface area contributed by atoms with Crippen molar-refractivity contribution in [1.29, 1.82) is 0 Å². The number of aromatic nitrogens is 1. The highest BCUT2D eigenvalue weighted by molar-refractivity contribution is 9.11. The average molecular weight is 352 g/mol. The van der Waals surface area contributed by atoms with E-state index in [1.54, 1.807) is 0 Å². The molecule has 0 aliphatic carbocycles. The van der Waals surface area contributed by atoms with Gasteiger partial charge in [-0.3, -0.25) is 4.72 Å². The molecule has 1 heterocycles. The molecule has 5 nitrogen and oxygen atoms in total. The number of nitrogens with two attached hydrogens (primary N) is 1. The standard InChI is InChI=1S/C9H7BrFN3O2S2/c10-8-4-13-9(17-8)14-18(15,16)5-1-2-7(12)6(11)3-5/h1-4H,12H2,(H,13,14). The summed E-state index contributed by atoms with van der Waals surface area (Å²) in [5.41, 5.74) is 5.18. The minimum absolute atomic E-state index is 0.106. The molecule has 0 fully saturated rings. The first-order valence-corrected chi connectivity index (χ1v) is 7.67. The molecule has 0 amide bonds. The molecule has 1 aromatic carbocycles. The van der Waals surface area contributed by atoms with Crippen LogP contribution in [0, 0.1) is 5.82 Å². The van der Waals surface area contributed by atoms with Crippen LogP contribution in [-0.4, -0.2) is 13.4 Å². The molecule has 0 spiro atoms. The largest absolute Gasteiger partial charge is 0.396 e. The number of benzene rings is 1. The van der Waals surface area contributed by atoms with Crippen LogP contribution < -0.4 is 10.5 Å². The molecule has 3 N–H and O–H groups in total. The summed E-state index contributed by atoms with van der Waals surface area (Å²) in [6, 6.07) is 3.28. The number of nitrogens with zero attached hydrogens (tertiary/aromatic N) is 1. The maximum Gasteiger partial charge on any atom is 0.263 e. The molecular formula is C9H7BrFN3O2S2. The number of anilines is 2. The van der Waals surface area contributed by atoms with Crippen molar-refractivity contribution in [3.8, 4) is 0 Å². The second kappa shape index (κ2) is 4.82. The predicted molar refractivity (Wildman–Crippen MR) is 71.4 cm³/mol. The third-order valence-corrected chi connectivity index (χ3v) is 4.84. The summed E-state index contributed by atoms with van der Waals surface area (Å²) in [7, 11) is -3.86. The van der Waals surface area contributed by atoms with Crippen LogP contribution in [-0.2, 0) is 10.0 Å². The summed E-state index contributed by atoms with van der Waals surface area (Å²) >= 11 is 4.28. The van der Waals surface area contributed by atoms with Crippen molar-refractivity contribution in [2.45, 2.75) is 4.90 Å². The van der Waals surface area contributed by atoms with Crippen molar-refractivity contribution < 1.29 is 12.8 Å². The van der Waals surface area contributed by atoms with Crippen LogP contribution in [0.5, 0.6) is 0 Å². The van der Waals surface area contributed by atoms with Crippen molar-refractivity contribution >= 4 is 48.1 Å². The zero-order valence-corrected chi connectivity index (χ0v) is 11.9. The first-order valence-electron chi connectivity index (χ1n) is 4.57. The Labute approximate surface area is 115 Å². The summed E-state index contributed by atoms with van der Waals surface area (Å²) in [6.07, 6.45) is 1.46. The number of thiazole rings is 1. The van der Waals surface area contributed by atoms with Gasteiger partial charge in [0.1, 0.15) is 5.82 Å². The molecule has 0 atom stereocenters. The van der Waals surface area contributed by atoms with Crippen LogP contribution in [0.2, 0.25) is 0 Å². The minimum Gasteiger partial charge on any atom is -0.396 e. The smallest absolute Gasteiger partial charge is 0.263 e. The Morgan fingerprint density at radius 3 is 2.72 bits per heavy atom. The van der Waals surface area contributed by atoms with Gasteiger partial charge in [0, 0.05) is 0 Å². The predicted octanol–water partition coefficient (Wildman–Crippen LogP) is 2.43. The quantitative estimate of drug-likeness (QED) is 0.831. The van der Waals surface area contributed by atoms with Gasteiger partial charge >= 0.3 is 0 Å². The summed E-state index contributed by atoms with van der Waals surface area (Å²) in [6.45, 7) is 0. The van der Waals surface area contributed by atoms with Gasteiger partial charge in [-0.1, -0.05) is 11.3 Å². The molecule has 0 saturated carbocycles. The van der Waals surface area contributed by atoms with Crippen LogP contribution in [0.25, 0.3) is 0 Å². The van der Waals surface area contributed by atoms with Crippen molar-refractivity contribution in [3.63, 3.8) is 0 Å². The second-order valence-corrected chi connectivity index (χ2v) is 7.35. The summed E-state index contributed by atoms with van der Waals surface area (Å²) in [5.74, 6) is -0.779. The van der Waals surface area contributed by atoms with Gasteiger partial charge in [0.05, 0.1) is 20.6 Å². The summed E-state index contributed by atoms with van der Waals surface area (Å²) < 4.78 is 40.0. The SMILES string of the molecule is Nc1ccc(S(=O)(=O)Nc2ncc(Br)s2)cc1F. The van der Waals surface area contributed by atoms with Crippen molar-refractivity contribution in [2.24, 2.45) is 0 Å². The number of rotatable bonds is 3. The third-order valence-electron chi connectivity index (χ3n) is 1.98. The molecule has 1 aromatic heterocycles. The van der Waals surface area contributed by atoms with E-state index in [0.29, 0.717) is 3.79 Å². The van der Waals surface area contributed by atoms with E-state index < -0.39 is 15.8 Å². The van der Waals surface area contributed by atoms with Gasteiger partial charge in [0.2, 0.25) is 0 Å². The highest BCUT2D eigenvalue weighted by Gasteiger charge is 2.17. The van der Waals surface area contributed by atoms with Crippen LogP contribution in [0.3, 0.4) is 0 Å². The normalized spacial score (nSPS) is 11.4. The molecule has 0 bridgehead atoms. The fraction of sp³-hybridized carbons (Fsp3) is 0. The van der Waals surface area contributed by atoms with Crippen LogP contribution >= 0.6 is 27.3 Å². The first-order chi connectivity index (χ1) is 8.38. The number of halogens is 2. The minimum atomic E-state index is -3.86. The van der Waals surface area contributed by atoms with E-state index in [-0.39, 0.29) is 15.7 Å². The molecule has 18 heavy (non-hydrogen) atoms. The Balaban J connectivity index is 2.33. The molecule has 0 aliphatic heterocycles. The molecule has 96 valence electrons. The Kier molecular flexibility index (Phi) is 3.55. The Morgan fingerprint density at radius 1 is 1.44 bits per heavy atom. The van der Waals surface area contributed by atoms with Gasteiger partial charge in [-0.05, 0) is 34.1 Å². The van der Waals surface area contributed by atoms with Gasteiger partial charge in [-0.2, -0.15) is 0 Å². The second-order valence-electron chi connectivity index (χ2n) is 3.26. The number of hydrogen-bond acceptors (Lipinski definition) is 5. The van der Waals surface area contributed by atoms with E-state index in [1.807, 2.05) is 0 Å². The van der Waals surface area contributed by atoms with E-state index >= 15 is 0 Å². The maximum atomic E-state index is 13.2. The summed E-state index contributed by atoms with van der Waals surface area (Å²) in [5, 5.41) is 0.194. The topological polar surface area (TPSA) is 85.1 Å². The lowest BCUT2D eigenvalue weighted by molar-refractivity contribution is 0.596. The van der Waals surface area contributed by atoms with E-state index in [0.717, 1.165) is 17.4 Å². The number of nitrogens with one attached hydrogen (secondary N) is 1. The fourth-order valence-electron chi connectivity index (χ4n) is 1.15. The van der Waals surface area contributed by atoms with Crippen LogP contribution in [0.1, 0.15) is 0 Å². The van der Waals surface area contributed by atoms with Gasteiger partial charge in [0.15, 0.2) is 5.13 Å². The Hall–Kier alpha value is -1.19. The lowest BCUT2D eigenvalue weighted by atomic mass is 10.3. The molecule has 2 aromatic rings. The fourth-order valence-corrected chi connectivity index (χ4v) is 3.51. The molecular weight excluding hydrogens is 345 g/mol. The van der Waals surface area contributed by atoms with Gasteiger partial charge in [-0.15, -0.1) is 0 Å². The van der Waals surface area contributed by atoms with Gasteiger partial charge in [0.25, 0.3) is 10.0 Å². The Bertz CT molecular complexity index is 687. The maximum absolute atomic E-state index is 13.2. The molecule has 9 heteroatoms. The monoisotopic (exact) mass is 351 g/mol. The van der Waals surface area contributed by atoms with E-state index in [1.165, 1.54) is 18.3 Å². The zero-order valence-electron chi connectivity index (χ0n) is 8.72. The number of sulfonamides is 1. The van der Waals surface area contributed by atoms with Crippen LogP contribution in [0.4, 0.5) is 15.2 Å². The van der Waals surface area contributed by atoms with Crippen molar-refractivity contribution in [2.75, 3.05) is 10.5 Å². The van der Waals surface area contributed by atoms with E-state index in [2.05, 4.69) is 25.6 Å². The third kappa shape index (κ3) is 2.79. The number of hydrogen-bond donors (Lipinski definition) is 2. The number of nitrogen functional groups attached to an aromatic ring is 1. The lowest BCUT2D eigenvalue weighted by Gasteiger charge is -2.05.